The summed E-state index contributed by atoms with van der Waals surface area (Å²) >= 11 is 6.52. The van der Waals surface area contributed by atoms with Crippen LogP contribution in [0.2, 0.25) is 0 Å². The minimum absolute atomic E-state index is 0.0166. The zero-order valence-corrected chi connectivity index (χ0v) is 24.4. The van der Waals surface area contributed by atoms with Gasteiger partial charge in [0, 0.05) is 30.8 Å². The first-order valence-electron chi connectivity index (χ1n) is 12.8. The summed E-state index contributed by atoms with van der Waals surface area (Å²) in [6.07, 6.45) is 1.64. The van der Waals surface area contributed by atoms with Crippen molar-refractivity contribution in [3.8, 4) is 11.3 Å². The molecule has 0 radical (unpaired) electrons. The quantitative estimate of drug-likeness (QED) is 0.199. The number of amides is 2. The molecule has 2 aromatic carbocycles. The fourth-order valence-corrected chi connectivity index (χ4v) is 5.23. The molecule has 11 heteroatoms. The van der Waals surface area contributed by atoms with Crippen LogP contribution in [0, 0.1) is 5.82 Å². The third-order valence-electron chi connectivity index (χ3n) is 5.86. The predicted molar refractivity (Wildman–Crippen MR) is 162 cm³/mol. The highest BCUT2D eigenvalue weighted by molar-refractivity contribution is 8.26. The Bertz CT molecular complexity index is 1530. The molecular formula is C30H29FN4O4S2. The number of rotatable bonds is 8. The Morgan fingerprint density at radius 3 is 2.56 bits per heavy atom. The molecule has 0 saturated carbocycles. The maximum absolute atomic E-state index is 13.9. The van der Waals surface area contributed by atoms with Crippen molar-refractivity contribution in [2.75, 3.05) is 11.9 Å². The maximum atomic E-state index is 13.9. The van der Waals surface area contributed by atoms with Gasteiger partial charge in [-0.15, -0.1) is 0 Å². The van der Waals surface area contributed by atoms with Gasteiger partial charge in [0.1, 0.15) is 15.7 Å². The number of nitrogens with two attached hydrogens (primary N) is 1. The Hall–Kier alpha value is -3.93. The van der Waals surface area contributed by atoms with Gasteiger partial charge in [0.2, 0.25) is 5.91 Å². The number of carbonyl (C=O) groups is 3. The molecule has 1 aliphatic rings. The van der Waals surface area contributed by atoms with Crippen LogP contribution in [0.5, 0.6) is 0 Å². The Morgan fingerprint density at radius 2 is 1.88 bits per heavy atom. The van der Waals surface area contributed by atoms with Crippen LogP contribution in [0.4, 0.5) is 10.1 Å². The first-order chi connectivity index (χ1) is 19.4. The number of ether oxygens (including phenoxy) is 1. The first-order valence-corrected chi connectivity index (χ1v) is 14.0. The molecule has 0 unspecified atom stereocenters. The highest BCUT2D eigenvalue weighted by Gasteiger charge is 2.32. The van der Waals surface area contributed by atoms with Crippen LogP contribution in [0.25, 0.3) is 17.3 Å². The second-order valence-electron chi connectivity index (χ2n) is 10.2. The summed E-state index contributed by atoms with van der Waals surface area (Å²) in [6, 6.07) is 16.0. The number of nitrogens with one attached hydrogen (secondary N) is 1. The van der Waals surface area contributed by atoms with Crippen LogP contribution in [-0.4, -0.2) is 44.1 Å². The predicted octanol–water partition coefficient (Wildman–Crippen LogP) is 5.53. The lowest BCUT2D eigenvalue weighted by Gasteiger charge is -2.19. The Balaban J connectivity index is 1.37. The number of anilines is 1. The third-order valence-corrected chi connectivity index (χ3v) is 7.23. The number of carbonyl (C=O) groups excluding carboxylic acids is 3. The number of thioether (sulfide) groups is 1. The minimum Gasteiger partial charge on any atom is -0.456 e. The summed E-state index contributed by atoms with van der Waals surface area (Å²) in [6.45, 7) is 5.69. The number of hydrogen-bond acceptors (Lipinski definition) is 8. The second kappa shape index (κ2) is 12.7. The van der Waals surface area contributed by atoms with Crippen molar-refractivity contribution >= 4 is 57.8 Å². The molecule has 0 spiro atoms. The van der Waals surface area contributed by atoms with Crippen molar-refractivity contribution in [3.63, 3.8) is 0 Å². The lowest BCUT2D eigenvalue weighted by molar-refractivity contribution is -0.122. The van der Waals surface area contributed by atoms with E-state index in [0.29, 0.717) is 37.4 Å². The number of hydrogen-bond donors (Lipinski definition) is 2. The molecule has 2 amide bonds. The molecule has 0 bridgehead atoms. The average molecular weight is 593 g/mol. The highest BCUT2D eigenvalue weighted by atomic mass is 32.2. The van der Waals surface area contributed by atoms with Gasteiger partial charge in [-0.05, 0) is 80.9 Å². The van der Waals surface area contributed by atoms with Gasteiger partial charge >= 0.3 is 5.97 Å². The number of thiocarbonyl (C=S) groups is 1. The number of pyridine rings is 1. The molecule has 41 heavy (non-hydrogen) atoms. The van der Waals surface area contributed by atoms with Crippen LogP contribution < -0.4 is 11.1 Å². The van der Waals surface area contributed by atoms with Gasteiger partial charge in [-0.2, -0.15) is 0 Å². The summed E-state index contributed by atoms with van der Waals surface area (Å²) in [5.74, 6) is -1.48. The van der Waals surface area contributed by atoms with E-state index in [1.54, 1.807) is 75.4 Å². The molecule has 1 aliphatic heterocycles. The number of nitrogens with zero attached hydrogens (tertiary/aromatic N) is 2. The molecule has 8 nitrogen and oxygen atoms in total. The Labute approximate surface area is 247 Å². The lowest BCUT2D eigenvalue weighted by atomic mass is 10.0. The molecule has 4 rings (SSSR count). The van der Waals surface area contributed by atoms with E-state index in [1.165, 1.54) is 17.0 Å². The topological polar surface area (TPSA) is 115 Å². The van der Waals surface area contributed by atoms with Crippen molar-refractivity contribution in [1.82, 2.24) is 9.88 Å². The van der Waals surface area contributed by atoms with E-state index in [-0.39, 0.29) is 31.3 Å². The smallest absolute Gasteiger partial charge is 0.338 e. The molecule has 2 heterocycles. The molecule has 3 aromatic rings. The molecule has 0 aliphatic carbocycles. The van der Waals surface area contributed by atoms with Gasteiger partial charge in [0.15, 0.2) is 0 Å². The van der Waals surface area contributed by atoms with Crippen LogP contribution in [0.1, 0.15) is 48.8 Å². The van der Waals surface area contributed by atoms with Crippen LogP contribution in [-0.2, 0) is 20.9 Å². The molecule has 212 valence electrons. The normalized spacial score (nSPS) is 14.5. The standard InChI is InChI=1S/C30H29FN4O4S2/c1-30(2,3)39-28(38)18-8-11-21(12-9-18)34-26(36)13-14-35-27(37)25(41-29(35)40)16-22-5-4-6-24(33-22)23-15-20(31)10-7-19(23)17-32/h4-12,15-16H,13-14,17,32H2,1-3H3,(H,34,36)/b25-16-. The molecule has 1 saturated heterocycles. The zero-order chi connectivity index (χ0) is 29.7. The van der Waals surface area contributed by atoms with Crippen LogP contribution in [0.3, 0.4) is 0 Å². The van der Waals surface area contributed by atoms with Crippen molar-refractivity contribution in [2.45, 2.75) is 39.3 Å². The van der Waals surface area contributed by atoms with E-state index in [4.69, 9.17) is 22.7 Å². The lowest BCUT2D eigenvalue weighted by Crippen LogP contribution is -2.31. The van der Waals surface area contributed by atoms with Crippen LogP contribution >= 0.6 is 24.0 Å². The molecule has 1 aromatic heterocycles. The first kappa shape index (κ1) is 30.0. The van der Waals surface area contributed by atoms with Crippen LogP contribution in [0.15, 0.2) is 65.6 Å². The SMILES string of the molecule is CC(C)(C)OC(=O)c1ccc(NC(=O)CCN2C(=O)/C(=C/c3cccc(-c4cc(F)ccc4CN)n3)SC2=S)cc1. The van der Waals surface area contributed by atoms with E-state index in [9.17, 15) is 18.8 Å². The van der Waals surface area contributed by atoms with E-state index < -0.39 is 17.4 Å². The number of halogens is 1. The zero-order valence-electron chi connectivity index (χ0n) is 22.8. The summed E-state index contributed by atoms with van der Waals surface area (Å²) in [7, 11) is 0. The Kier molecular flexibility index (Phi) is 9.31. The van der Waals surface area contributed by atoms with Crippen molar-refractivity contribution < 1.29 is 23.5 Å². The second-order valence-corrected chi connectivity index (χ2v) is 11.8. The molecular weight excluding hydrogens is 563 g/mol. The van der Waals surface area contributed by atoms with Gasteiger partial charge in [0.05, 0.1) is 21.9 Å². The van der Waals surface area contributed by atoms with Gasteiger partial charge < -0.3 is 15.8 Å². The van der Waals surface area contributed by atoms with E-state index in [0.717, 1.165) is 17.3 Å². The summed E-state index contributed by atoms with van der Waals surface area (Å²) in [5.41, 5.74) is 8.45. The summed E-state index contributed by atoms with van der Waals surface area (Å²) in [5, 5.41) is 2.76. The maximum Gasteiger partial charge on any atom is 0.338 e. The molecule has 0 atom stereocenters. The van der Waals surface area contributed by atoms with Crippen molar-refractivity contribution in [3.05, 3.63) is 88.2 Å². The van der Waals surface area contributed by atoms with E-state index >= 15 is 0 Å². The van der Waals surface area contributed by atoms with Crippen molar-refractivity contribution in [2.24, 2.45) is 5.73 Å². The monoisotopic (exact) mass is 592 g/mol. The highest BCUT2D eigenvalue weighted by Crippen LogP contribution is 2.33. The third kappa shape index (κ3) is 7.84. The van der Waals surface area contributed by atoms with E-state index in [1.807, 2.05) is 0 Å². The average Bonchev–Trinajstić information content (AvgIpc) is 3.18. The van der Waals surface area contributed by atoms with E-state index in [2.05, 4.69) is 10.3 Å². The van der Waals surface area contributed by atoms with Gasteiger partial charge in [-0.25, -0.2) is 14.2 Å². The molecule has 3 N–H and O–H groups in total. The van der Waals surface area contributed by atoms with Crippen molar-refractivity contribution in [1.29, 1.82) is 0 Å². The van der Waals surface area contributed by atoms with Gasteiger partial charge in [0.25, 0.3) is 5.91 Å². The largest absolute Gasteiger partial charge is 0.456 e. The minimum atomic E-state index is -0.608. The molecule has 1 fully saturated rings. The fraction of sp³-hybridized carbons (Fsp3) is 0.233. The number of esters is 1. The fourth-order valence-electron chi connectivity index (χ4n) is 3.94. The summed E-state index contributed by atoms with van der Waals surface area (Å²) < 4.78 is 19.6. The van der Waals surface area contributed by atoms with Gasteiger partial charge in [-0.3, -0.25) is 14.5 Å². The number of benzene rings is 2. The summed E-state index contributed by atoms with van der Waals surface area (Å²) in [4.78, 5) is 44.1. The number of aromatic nitrogens is 1. The van der Waals surface area contributed by atoms with Gasteiger partial charge in [-0.1, -0.05) is 36.1 Å². The Morgan fingerprint density at radius 1 is 1.15 bits per heavy atom.